The zero-order valence-corrected chi connectivity index (χ0v) is 11.0. The lowest BCUT2D eigenvalue weighted by atomic mass is 10.1. The van der Waals surface area contributed by atoms with Crippen molar-refractivity contribution in [2.24, 2.45) is 0 Å². The minimum absolute atomic E-state index is 0.0461. The van der Waals surface area contributed by atoms with Gasteiger partial charge in [0.15, 0.2) is 0 Å². The number of carbonyl (C=O) groups is 2. The minimum Gasteiger partial charge on any atom is -0.326 e. The van der Waals surface area contributed by atoms with Crippen LogP contribution in [0.3, 0.4) is 0 Å². The first-order valence-electron chi connectivity index (χ1n) is 6.40. The maximum Gasteiger partial charge on any atom is 0.255 e. The molecule has 0 saturated heterocycles. The number of benzene rings is 2. The normalized spacial score (nSPS) is 12.2. The lowest BCUT2D eigenvalue weighted by Crippen LogP contribution is -2.12. The van der Waals surface area contributed by atoms with Crippen LogP contribution in [-0.2, 0) is 11.2 Å². The molecule has 21 heavy (non-hydrogen) atoms. The summed E-state index contributed by atoms with van der Waals surface area (Å²) in [5, 5.41) is 14.3. The number of amides is 2. The first-order valence-corrected chi connectivity index (χ1v) is 6.40. The van der Waals surface area contributed by atoms with Crippen molar-refractivity contribution in [3.8, 4) is 6.07 Å². The van der Waals surface area contributed by atoms with Crippen LogP contribution in [0.2, 0.25) is 0 Å². The van der Waals surface area contributed by atoms with Crippen LogP contribution in [-0.4, -0.2) is 11.8 Å². The van der Waals surface area contributed by atoms with E-state index in [0.717, 1.165) is 11.3 Å². The Balaban J connectivity index is 1.81. The van der Waals surface area contributed by atoms with Crippen molar-refractivity contribution in [2.75, 3.05) is 10.6 Å². The second-order valence-electron chi connectivity index (χ2n) is 4.74. The Kier molecular flexibility index (Phi) is 3.13. The molecule has 2 aromatic carbocycles. The van der Waals surface area contributed by atoms with Crippen LogP contribution in [0.15, 0.2) is 42.5 Å². The van der Waals surface area contributed by atoms with Gasteiger partial charge in [0.2, 0.25) is 5.91 Å². The third-order valence-electron chi connectivity index (χ3n) is 3.24. The van der Waals surface area contributed by atoms with Gasteiger partial charge in [-0.2, -0.15) is 5.26 Å². The molecule has 0 atom stereocenters. The first-order chi connectivity index (χ1) is 10.2. The Hall–Kier alpha value is -3.13. The monoisotopic (exact) mass is 277 g/mol. The molecule has 3 rings (SSSR count). The fourth-order valence-electron chi connectivity index (χ4n) is 2.24. The number of carbonyl (C=O) groups excluding carboxylic acids is 2. The van der Waals surface area contributed by atoms with Crippen LogP contribution in [0.25, 0.3) is 0 Å². The van der Waals surface area contributed by atoms with Crippen LogP contribution in [0, 0.1) is 11.3 Å². The summed E-state index contributed by atoms with van der Waals surface area (Å²) in [7, 11) is 0. The molecule has 0 spiro atoms. The molecule has 1 aliphatic heterocycles. The first kappa shape index (κ1) is 12.9. The standard InChI is InChI=1S/C16H11N3O2/c17-9-10-2-1-3-11(6-10)16(21)18-13-4-5-14-12(7-13)8-15(20)19-14/h1-7H,8H2,(H,18,21)(H,19,20). The smallest absolute Gasteiger partial charge is 0.255 e. The highest BCUT2D eigenvalue weighted by molar-refractivity contribution is 6.05. The summed E-state index contributed by atoms with van der Waals surface area (Å²) in [6.45, 7) is 0. The highest BCUT2D eigenvalue weighted by atomic mass is 16.2. The molecule has 2 aromatic rings. The highest BCUT2D eigenvalue weighted by Gasteiger charge is 2.18. The van der Waals surface area contributed by atoms with E-state index in [0.29, 0.717) is 23.2 Å². The molecule has 5 heteroatoms. The van der Waals surface area contributed by atoms with Gasteiger partial charge in [0.1, 0.15) is 0 Å². The van der Waals surface area contributed by atoms with Crippen LogP contribution < -0.4 is 10.6 Å². The lowest BCUT2D eigenvalue weighted by Gasteiger charge is -2.07. The van der Waals surface area contributed by atoms with Crippen LogP contribution in [0.1, 0.15) is 21.5 Å². The second-order valence-corrected chi connectivity index (χ2v) is 4.74. The van der Waals surface area contributed by atoms with Crippen molar-refractivity contribution in [1.29, 1.82) is 5.26 Å². The van der Waals surface area contributed by atoms with Crippen LogP contribution in [0.4, 0.5) is 11.4 Å². The molecule has 0 saturated carbocycles. The lowest BCUT2D eigenvalue weighted by molar-refractivity contribution is -0.115. The number of anilines is 2. The van der Waals surface area contributed by atoms with Crippen molar-refractivity contribution in [2.45, 2.75) is 6.42 Å². The summed E-state index contributed by atoms with van der Waals surface area (Å²) in [6.07, 6.45) is 0.322. The molecule has 1 aliphatic rings. The summed E-state index contributed by atoms with van der Waals surface area (Å²) in [5.41, 5.74) is 3.13. The Morgan fingerprint density at radius 2 is 2.10 bits per heavy atom. The van der Waals surface area contributed by atoms with Gasteiger partial charge in [-0.05, 0) is 42.0 Å². The van der Waals surface area contributed by atoms with E-state index in [-0.39, 0.29) is 11.8 Å². The molecule has 0 unspecified atom stereocenters. The van der Waals surface area contributed by atoms with E-state index in [1.165, 1.54) is 6.07 Å². The fourth-order valence-corrected chi connectivity index (χ4v) is 2.24. The minimum atomic E-state index is -0.288. The maximum absolute atomic E-state index is 12.1. The molecule has 0 aliphatic carbocycles. The van der Waals surface area contributed by atoms with Gasteiger partial charge in [0.25, 0.3) is 5.91 Å². The molecule has 1 heterocycles. The van der Waals surface area contributed by atoms with Crippen molar-refractivity contribution < 1.29 is 9.59 Å². The van der Waals surface area contributed by atoms with E-state index in [9.17, 15) is 9.59 Å². The SMILES string of the molecule is N#Cc1cccc(C(=O)Nc2ccc3c(c2)CC(=O)N3)c1. The van der Waals surface area contributed by atoms with Crippen molar-refractivity contribution in [3.05, 3.63) is 59.2 Å². The van der Waals surface area contributed by atoms with E-state index >= 15 is 0 Å². The van der Waals surface area contributed by atoms with Crippen molar-refractivity contribution >= 4 is 23.2 Å². The van der Waals surface area contributed by atoms with Crippen molar-refractivity contribution in [3.63, 3.8) is 0 Å². The summed E-state index contributed by atoms with van der Waals surface area (Å²) in [5.74, 6) is -0.334. The Morgan fingerprint density at radius 3 is 2.90 bits per heavy atom. The molecule has 102 valence electrons. The molecule has 0 bridgehead atoms. The zero-order chi connectivity index (χ0) is 14.8. The van der Waals surface area contributed by atoms with Gasteiger partial charge in [-0.3, -0.25) is 9.59 Å². The third kappa shape index (κ3) is 2.60. The number of fused-ring (bicyclic) bond motifs is 1. The number of hydrogen-bond acceptors (Lipinski definition) is 3. The van der Waals surface area contributed by atoms with Gasteiger partial charge in [-0.1, -0.05) is 6.07 Å². The largest absolute Gasteiger partial charge is 0.326 e. The van der Waals surface area contributed by atoms with E-state index in [1.54, 1.807) is 36.4 Å². The van der Waals surface area contributed by atoms with Gasteiger partial charge >= 0.3 is 0 Å². The van der Waals surface area contributed by atoms with E-state index in [4.69, 9.17) is 5.26 Å². The quantitative estimate of drug-likeness (QED) is 0.883. The van der Waals surface area contributed by atoms with Crippen molar-refractivity contribution in [1.82, 2.24) is 0 Å². The number of rotatable bonds is 2. The molecular formula is C16H11N3O2. The number of hydrogen-bond donors (Lipinski definition) is 2. The maximum atomic E-state index is 12.1. The molecule has 5 nitrogen and oxygen atoms in total. The average molecular weight is 277 g/mol. The number of nitrogens with one attached hydrogen (secondary N) is 2. The molecule has 0 fully saturated rings. The Morgan fingerprint density at radius 1 is 1.24 bits per heavy atom. The van der Waals surface area contributed by atoms with E-state index < -0.39 is 0 Å². The predicted octanol–water partition coefficient (Wildman–Crippen LogP) is 2.31. The molecule has 0 aromatic heterocycles. The van der Waals surface area contributed by atoms with Gasteiger partial charge in [0, 0.05) is 16.9 Å². The highest BCUT2D eigenvalue weighted by Crippen LogP contribution is 2.26. The van der Waals surface area contributed by atoms with E-state index in [1.807, 2.05) is 6.07 Å². The number of nitrogens with zero attached hydrogens (tertiary/aromatic N) is 1. The third-order valence-corrected chi connectivity index (χ3v) is 3.24. The Bertz CT molecular complexity index is 790. The molecule has 2 N–H and O–H groups in total. The predicted molar refractivity (Wildman–Crippen MR) is 77.9 cm³/mol. The van der Waals surface area contributed by atoms with E-state index in [2.05, 4.69) is 10.6 Å². The van der Waals surface area contributed by atoms with Crippen LogP contribution >= 0.6 is 0 Å². The average Bonchev–Trinajstić information content (AvgIpc) is 2.86. The summed E-state index contributed by atoms with van der Waals surface area (Å²) < 4.78 is 0. The molecule has 2 amide bonds. The van der Waals surface area contributed by atoms with Gasteiger partial charge in [-0.15, -0.1) is 0 Å². The number of nitriles is 1. The Labute approximate surface area is 121 Å². The summed E-state index contributed by atoms with van der Waals surface area (Å²) >= 11 is 0. The second kappa shape index (κ2) is 5.10. The summed E-state index contributed by atoms with van der Waals surface area (Å²) in [6, 6.07) is 13.8. The molecule has 0 radical (unpaired) electrons. The fraction of sp³-hybridized carbons (Fsp3) is 0.0625. The zero-order valence-electron chi connectivity index (χ0n) is 11.0. The molecular weight excluding hydrogens is 266 g/mol. The van der Waals surface area contributed by atoms with Gasteiger partial charge in [-0.25, -0.2) is 0 Å². The van der Waals surface area contributed by atoms with Gasteiger partial charge in [0.05, 0.1) is 18.1 Å². The van der Waals surface area contributed by atoms with Gasteiger partial charge < -0.3 is 10.6 Å². The van der Waals surface area contributed by atoms with Crippen LogP contribution in [0.5, 0.6) is 0 Å². The topological polar surface area (TPSA) is 82.0 Å². The summed E-state index contributed by atoms with van der Waals surface area (Å²) in [4.78, 5) is 23.4.